The van der Waals surface area contributed by atoms with Crippen molar-refractivity contribution >= 4 is 80.5 Å². The Labute approximate surface area is 316 Å². The number of fused-ring (bicyclic) bond motifs is 10. The second kappa shape index (κ2) is 13.2. The highest BCUT2D eigenvalue weighted by Gasteiger charge is 2.70. The predicted octanol–water partition coefficient (Wildman–Crippen LogP) is 7.12. The Morgan fingerprint density at radius 2 is 1.70 bits per heavy atom. The van der Waals surface area contributed by atoms with Gasteiger partial charge in [-0.15, -0.1) is 11.8 Å². The first-order chi connectivity index (χ1) is 25.7. The van der Waals surface area contributed by atoms with E-state index in [4.69, 9.17) is 21.1 Å². The van der Waals surface area contributed by atoms with Crippen LogP contribution in [-0.4, -0.2) is 47.1 Å². The Kier molecular flexibility index (Phi) is 8.43. The van der Waals surface area contributed by atoms with E-state index in [1.165, 1.54) is 4.90 Å². The minimum atomic E-state index is -0.533. The van der Waals surface area contributed by atoms with Gasteiger partial charge in [-0.05, 0) is 85.0 Å². The Morgan fingerprint density at radius 3 is 2.49 bits per heavy atom. The van der Waals surface area contributed by atoms with Crippen molar-refractivity contribution in [2.24, 2.45) is 29.6 Å². The molecule has 0 spiro atoms. The number of nitrogens with one attached hydrogen (secondary N) is 2. The van der Waals surface area contributed by atoms with Gasteiger partial charge in [-0.2, -0.15) is 0 Å². The van der Waals surface area contributed by atoms with E-state index in [0.29, 0.717) is 34.1 Å². The second-order valence-electron chi connectivity index (χ2n) is 13.8. The number of nitrogens with zero attached hydrogens (tertiary/aromatic N) is 1. The summed E-state index contributed by atoms with van der Waals surface area (Å²) in [6.07, 6.45) is 0.699. The van der Waals surface area contributed by atoms with Gasteiger partial charge in [0.05, 0.1) is 34.7 Å². The van der Waals surface area contributed by atoms with Crippen molar-refractivity contribution in [2.45, 2.75) is 29.5 Å². The zero-order valence-corrected chi connectivity index (χ0v) is 30.6. The van der Waals surface area contributed by atoms with Crippen LogP contribution < -0.4 is 19.8 Å². The molecule has 3 heterocycles. The lowest BCUT2D eigenvalue weighted by atomic mass is 9.68. The van der Waals surface area contributed by atoms with Gasteiger partial charge < -0.3 is 19.8 Å². The molecule has 6 unspecified atom stereocenters. The van der Waals surface area contributed by atoms with Gasteiger partial charge in [0, 0.05) is 37.7 Å². The zero-order valence-electron chi connectivity index (χ0n) is 28.2. The van der Waals surface area contributed by atoms with E-state index in [9.17, 15) is 24.0 Å². The summed E-state index contributed by atoms with van der Waals surface area (Å²) in [5, 5.41) is 6.05. The average Bonchev–Trinajstić information content (AvgIpc) is 3.90. The Balaban J connectivity index is 1.02. The molecule has 5 aromatic rings. The largest absolute Gasteiger partial charge is 0.483 e. The molecule has 3 amide bonds. The van der Waals surface area contributed by atoms with Gasteiger partial charge in [0.15, 0.2) is 6.61 Å². The quantitative estimate of drug-likeness (QED) is 0.126. The molecule has 2 aliphatic heterocycles. The van der Waals surface area contributed by atoms with Crippen molar-refractivity contribution in [3.05, 3.63) is 116 Å². The van der Waals surface area contributed by atoms with Crippen LogP contribution in [-0.2, 0) is 19.1 Å². The molecule has 0 radical (unpaired) electrons. The van der Waals surface area contributed by atoms with E-state index in [1.54, 1.807) is 55.1 Å². The third-order valence-electron chi connectivity index (χ3n) is 11.1. The number of H-pyrrole nitrogens is 1. The number of thioether (sulfide) groups is 1. The maximum Gasteiger partial charge on any atom is 0.338 e. The predicted molar refractivity (Wildman–Crippen MR) is 203 cm³/mol. The van der Waals surface area contributed by atoms with Crippen molar-refractivity contribution in [3.8, 4) is 5.75 Å². The van der Waals surface area contributed by atoms with Gasteiger partial charge in [0.2, 0.25) is 11.8 Å². The van der Waals surface area contributed by atoms with Crippen LogP contribution in [0.3, 0.4) is 0 Å². The number of hydrogen-bond acceptors (Lipinski definition) is 9. The van der Waals surface area contributed by atoms with Crippen molar-refractivity contribution in [1.82, 2.24) is 4.98 Å². The SMILES string of the molecule is CCOC(=O)c1ccc(N2C(=O)C3C4CC(C3C2=O)C2C4Sc3[nH]c(=O)sc3[C@@H]2c2cc(Cl)ccc2OCC(=O)Nc2cccc3ccccc23)cc1. The molecule has 1 saturated heterocycles. The number of benzene rings is 4. The summed E-state index contributed by atoms with van der Waals surface area (Å²) in [4.78, 5) is 71.7. The van der Waals surface area contributed by atoms with Crippen LogP contribution in [0, 0.1) is 29.6 Å². The highest BCUT2D eigenvalue weighted by Crippen LogP contribution is 2.69. The highest BCUT2D eigenvalue weighted by molar-refractivity contribution is 8.00. The van der Waals surface area contributed by atoms with Crippen LogP contribution >= 0.6 is 34.7 Å². The van der Waals surface area contributed by atoms with Gasteiger partial charge in [-0.3, -0.25) is 24.1 Å². The third kappa shape index (κ3) is 5.57. The Hall–Kier alpha value is -4.91. The number of hydrogen-bond donors (Lipinski definition) is 2. The minimum Gasteiger partial charge on any atom is -0.483 e. The monoisotopic (exact) mass is 765 g/mol. The maximum absolute atomic E-state index is 14.3. The number of aromatic amines is 1. The fourth-order valence-electron chi connectivity index (χ4n) is 9.14. The third-order valence-corrected chi connectivity index (χ3v) is 13.9. The average molecular weight is 766 g/mol. The fraction of sp³-hybridized carbons (Fsp3) is 0.275. The van der Waals surface area contributed by atoms with Crippen molar-refractivity contribution in [3.63, 3.8) is 0 Å². The zero-order chi connectivity index (χ0) is 36.5. The number of carbonyl (C=O) groups excluding carboxylic acids is 4. The molecule has 9 rings (SSSR count). The summed E-state index contributed by atoms with van der Waals surface area (Å²) in [6.45, 7) is 1.70. The summed E-state index contributed by atoms with van der Waals surface area (Å²) in [7, 11) is 0. The molecule has 2 N–H and O–H groups in total. The normalized spacial score (nSPS) is 25.2. The van der Waals surface area contributed by atoms with E-state index in [0.717, 1.165) is 37.6 Å². The van der Waals surface area contributed by atoms with Crippen LogP contribution in [0.5, 0.6) is 5.75 Å². The number of amides is 3. The highest BCUT2D eigenvalue weighted by atomic mass is 35.5. The number of ether oxygens (including phenoxy) is 2. The number of carbonyl (C=O) groups is 4. The van der Waals surface area contributed by atoms with Crippen LogP contribution in [0.2, 0.25) is 5.02 Å². The maximum atomic E-state index is 14.3. The lowest BCUT2D eigenvalue weighted by Crippen LogP contribution is -2.42. The van der Waals surface area contributed by atoms with Crippen LogP contribution in [0.15, 0.2) is 94.7 Å². The lowest BCUT2D eigenvalue weighted by Gasteiger charge is -2.43. The molecule has 268 valence electrons. The Morgan fingerprint density at radius 1 is 0.943 bits per heavy atom. The number of aromatic nitrogens is 1. The van der Waals surface area contributed by atoms with Crippen LogP contribution in [0.25, 0.3) is 10.8 Å². The molecule has 10 nitrogen and oxygen atoms in total. The minimum absolute atomic E-state index is 0.0617. The van der Waals surface area contributed by atoms with Crippen LogP contribution in [0.1, 0.15) is 40.1 Å². The summed E-state index contributed by atoms with van der Waals surface area (Å²) in [5.41, 5.74) is 2.17. The first-order valence-corrected chi connectivity index (χ1v) is 19.5. The Bertz CT molecular complexity index is 2390. The molecule has 2 saturated carbocycles. The van der Waals surface area contributed by atoms with E-state index in [1.807, 2.05) is 48.5 Å². The van der Waals surface area contributed by atoms with Gasteiger partial charge in [-0.25, -0.2) is 4.79 Å². The number of imide groups is 1. The molecule has 13 heteroatoms. The first-order valence-electron chi connectivity index (χ1n) is 17.5. The molecule has 3 fully saturated rings. The number of rotatable bonds is 8. The van der Waals surface area contributed by atoms with E-state index < -0.39 is 17.8 Å². The topological polar surface area (TPSA) is 135 Å². The standard InChI is InChI=1S/C40H32ClN3O7S2/c1-2-50-39(48)20-10-13-22(14-11-20)44-37(46)32-25-17-26(33(32)38(44)47)34-31(25)30(35-36(52-34)43-40(49)53-35)24-16-21(41)12-15-28(24)51-18-29(45)42-27-9-5-7-19-6-3-4-8-23(19)27/h3-16,25-26,30-34H,2,17-18H2,1H3,(H,42,45)(H,43,49)/t25?,26?,30-,31?,32?,33?,34?/m1/s1. The number of thiazole rings is 1. The number of anilines is 2. The molecule has 2 aliphatic carbocycles. The molecular formula is C40H32ClN3O7S2. The van der Waals surface area contributed by atoms with Crippen LogP contribution in [0.4, 0.5) is 11.4 Å². The molecule has 4 aliphatic rings. The second-order valence-corrected chi connectivity index (χ2v) is 16.4. The van der Waals surface area contributed by atoms with E-state index in [-0.39, 0.29) is 64.7 Å². The van der Waals surface area contributed by atoms with E-state index >= 15 is 0 Å². The summed E-state index contributed by atoms with van der Waals surface area (Å²) >= 11 is 9.36. The van der Waals surface area contributed by atoms with Gasteiger partial charge in [0.1, 0.15) is 5.75 Å². The molecule has 2 bridgehead atoms. The van der Waals surface area contributed by atoms with Crippen molar-refractivity contribution in [1.29, 1.82) is 0 Å². The summed E-state index contributed by atoms with van der Waals surface area (Å²) in [6, 6.07) is 25.2. The van der Waals surface area contributed by atoms with Crippen molar-refractivity contribution in [2.75, 3.05) is 23.4 Å². The van der Waals surface area contributed by atoms with Gasteiger partial charge in [0.25, 0.3) is 5.91 Å². The first kappa shape index (κ1) is 33.9. The lowest BCUT2D eigenvalue weighted by molar-refractivity contribution is -0.123. The molecular weight excluding hydrogens is 734 g/mol. The van der Waals surface area contributed by atoms with Crippen molar-refractivity contribution < 1.29 is 28.7 Å². The number of halogens is 1. The molecule has 1 aromatic heterocycles. The summed E-state index contributed by atoms with van der Waals surface area (Å²) < 4.78 is 11.4. The number of esters is 1. The van der Waals surface area contributed by atoms with E-state index in [2.05, 4.69) is 10.3 Å². The van der Waals surface area contributed by atoms with Gasteiger partial charge >= 0.3 is 10.8 Å². The fourth-order valence-corrected chi connectivity index (χ4v) is 12.2. The smallest absolute Gasteiger partial charge is 0.338 e. The molecule has 4 aromatic carbocycles. The van der Waals surface area contributed by atoms with Gasteiger partial charge in [-0.1, -0.05) is 59.3 Å². The molecule has 53 heavy (non-hydrogen) atoms. The molecule has 7 atom stereocenters. The summed E-state index contributed by atoms with van der Waals surface area (Å²) in [5.74, 6) is -2.60.